The van der Waals surface area contributed by atoms with Gasteiger partial charge in [-0.2, -0.15) is 13.2 Å². The number of para-hydroxylation sites is 2. The van der Waals surface area contributed by atoms with Gasteiger partial charge >= 0.3 is 21.5 Å². The Morgan fingerprint density at radius 2 is 1.51 bits per heavy atom. The summed E-state index contributed by atoms with van der Waals surface area (Å²) in [7, 11) is -5.15. The zero-order chi connectivity index (χ0) is 30.8. The molecule has 0 bridgehead atoms. The minimum absolute atomic E-state index is 0. The van der Waals surface area contributed by atoms with Crippen molar-refractivity contribution in [2.45, 2.75) is 106 Å². The summed E-state index contributed by atoms with van der Waals surface area (Å²) >= 11 is 1.64. The van der Waals surface area contributed by atoms with E-state index in [1.165, 1.54) is 31.4 Å². The highest BCUT2D eigenvalue weighted by Crippen LogP contribution is 2.32. The minimum Gasteiger partial charge on any atom is -0.473 e. The SMILES string of the molecule is C.C.CC(C)C(=O)OC1CCCC1.CC(C)NS(=O)(=O)C(F)(F)F.CC(C)Oc1nc2ccccc2nc1-c1cccs1. The molecule has 43 heavy (non-hydrogen) atoms. The number of nitrogens with one attached hydrogen (secondary N) is 1. The van der Waals surface area contributed by atoms with E-state index in [0.29, 0.717) is 5.88 Å². The Morgan fingerprint density at radius 1 is 0.953 bits per heavy atom. The lowest BCUT2D eigenvalue weighted by atomic mass is 10.2. The van der Waals surface area contributed by atoms with Gasteiger partial charge in [0.25, 0.3) is 0 Å². The van der Waals surface area contributed by atoms with Gasteiger partial charge in [-0.3, -0.25) is 4.79 Å². The Morgan fingerprint density at radius 3 is 1.93 bits per heavy atom. The van der Waals surface area contributed by atoms with Gasteiger partial charge in [0.05, 0.1) is 27.9 Å². The number of fused-ring (bicyclic) bond motifs is 1. The Hall–Kier alpha value is -2.77. The number of alkyl halides is 3. The van der Waals surface area contributed by atoms with Crippen LogP contribution in [0.4, 0.5) is 13.2 Å². The van der Waals surface area contributed by atoms with Gasteiger partial charge in [-0.1, -0.05) is 46.9 Å². The van der Waals surface area contributed by atoms with Crippen LogP contribution in [0.15, 0.2) is 41.8 Å². The van der Waals surface area contributed by atoms with E-state index in [4.69, 9.17) is 14.5 Å². The summed E-state index contributed by atoms with van der Waals surface area (Å²) in [5.41, 5.74) is -2.64. The van der Waals surface area contributed by atoms with Crippen molar-refractivity contribution in [3.8, 4) is 16.5 Å². The molecule has 4 rings (SSSR count). The molecule has 0 amide bonds. The molecule has 2 heterocycles. The highest BCUT2D eigenvalue weighted by Gasteiger charge is 2.45. The summed E-state index contributed by atoms with van der Waals surface area (Å²) in [6.07, 6.45) is 4.88. The summed E-state index contributed by atoms with van der Waals surface area (Å²) in [5.74, 6) is 0.587. The average molecular weight is 650 g/mol. The minimum atomic E-state index is -5.21. The van der Waals surface area contributed by atoms with Gasteiger partial charge in [-0.05, 0) is 77.0 Å². The number of halogens is 3. The summed E-state index contributed by atoms with van der Waals surface area (Å²) in [6.45, 7) is 10.4. The number of carbonyl (C=O) groups is 1. The lowest BCUT2D eigenvalue weighted by Gasteiger charge is -2.12. The van der Waals surface area contributed by atoms with Gasteiger partial charge in [0, 0.05) is 6.04 Å². The van der Waals surface area contributed by atoms with Crippen molar-refractivity contribution < 1.29 is 35.9 Å². The Balaban J connectivity index is 0.000000643. The van der Waals surface area contributed by atoms with Gasteiger partial charge < -0.3 is 9.47 Å². The van der Waals surface area contributed by atoms with Crippen LogP contribution in [0.3, 0.4) is 0 Å². The van der Waals surface area contributed by atoms with Crippen molar-refractivity contribution in [3.63, 3.8) is 0 Å². The normalized spacial score (nSPS) is 13.4. The number of sulfonamides is 1. The molecule has 1 aromatic carbocycles. The molecule has 0 radical (unpaired) electrons. The van der Waals surface area contributed by atoms with Crippen LogP contribution in [0.1, 0.15) is 82.1 Å². The number of thiophene rings is 1. The molecule has 2 aromatic heterocycles. The lowest BCUT2D eigenvalue weighted by Crippen LogP contribution is -2.40. The highest BCUT2D eigenvalue weighted by atomic mass is 32.2. The molecule has 0 atom stereocenters. The lowest BCUT2D eigenvalue weighted by molar-refractivity contribution is -0.152. The molecule has 0 aliphatic heterocycles. The van der Waals surface area contributed by atoms with Gasteiger partial charge in [0.2, 0.25) is 5.88 Å². The number of carbonyl (C=O) groups excluding carboxylic acids is 1. The molecule has 1 aliphatic rings. The summed E-state index contributed by atoms with van der Waals surface area (Å²) in [4.78, 5) is 21.4. The van der Waals surface area contributed by atoms with E-state index in [1.807, 2.05) is 69.5 Å². The first-order chi connectivity index (χ1) is 19.1. The van der Waals surface area contributed by atoms with Crippen LogP contribution in [-0.2, 0) is 19.6 Å². The van der Waals surface area contributed by atoms with Crippen LogP contribution >= 0.6 is 11.3 Å². The first-order valence-corrected chi connectivity index (χ1v) is 15.7. The zero-order valence-corrected chi connectivity index (χ0v) is 25.7. The second kappa shape index (κ2) is 18.1. The topological polar surface area (TPSA) is 107 Å². The van der Waals surface area contributed by atoms with E-state index in [-0.39, 0.29) is 38.9 Å². The van der Waals surface area contributed by atoms with Crippen molar-refractivity contribution in [2.75, 3.05) is 0 Å². The van der Waals surface area contributed by atoms with Crippen LogP contribution in [0, 0.1) is 5.92 Å². The number of benzene rings is 1. The Bertz CT molecular complexity index is 1340. The fourth-order valence-corrected chi connectivity index (χ4v) is 5.01. The fraction of sp³-hybridized carbons (Fsp3) is 0.567. The molecule has 8 nitrogen and oxygen atoms in total. The van der Waals surface area contributed by atoms with E-state index in [0.717, 1.165) is 34.4 Å². The maximum Gasteiger partial charge on any atom is 0.511 e. The molecule has 13 heteroatoms. The summed E-state index contributed by atoms with van der Waals surface area (Å²) in [6, 6.07) is 11.2. The van der Waals surface area contributed by atoms with E-state index in [9.17, 15) is 26.4 Å². The van der Waals surface area contributed by atoms with E-state index in [1.54, 1.807) is 11.3 Å². The van der Waals surface area contributed by atoms with Crippen molar-refractivity contribution in [1.82, 2.24) is 14.7 Å². The molecule has 244 valence electrons. The van der Waals surface area contributed by atoms with Gasteiger partial charge in [-0.15, -0.1) is 11.3 Å². The van der Waals surface area contributed by atoms with E-state index in [2.05, 4.69) is 4.98 Å². The predicted molar refractivity (Wildman–Crippen MR) is 169 cm³/mol. The second-order valence-corrected chi connectivity index (χ2v) is 12.9. The van der Waals surface area contributed by atoms with E-state index >= 15 is 0 Å². The molecule has 0 spiro atoms. The van der Waals surface area contributed by atoms with E-state index < -0.39 is 21.6 Å². The largest absolute Gasteiger partial charge is 0.511 e. The smallest absolute Gasteiger partial charge is 0.473 e. The molecule has 1 aliphatic carbocycles. The number of nitrogens with zero attached hydrogens (tertiary/aromatic N) is 2. The molecule has 0 unspecified atom stereocenters. The van der Waals surface area contributed by atoms with Crippen molar-refractivity contribution in [3.05, 3.63) is 41.8 Å². The molecule has 1 N–H and O–H groups in total. The maximum absolute atomic E-state index is 11.5. The quantitative estimate of drug-likeness (QED) is 0.256. The van der Waals surface area contributed by atoms with Gasteiger partial charge in [-0.25, -0.2) is 23.1 Å². The number of hydrogen-bond acceptors (Lipinski definition) is 8. The molecular formula is C30H46F3N3O5S2. The molecule has 1 saturated carbocycles. The number of esters is 1. The van der Waals surface area contributed by atoms with Gasteiger partial charge in [0.15, 0.2) is 0 Å². The monoisotopic (exact) mass is 649 g/mol. The Labute approximate surface area is 258 Å². The maximum atomic E-state index is 11.5. The van der Waals surface area contributed by atoms with Crippen LogP contribution in [-0.4, -0.2) is 48.1 Å². The summed E-state index contributed by atoms with van der Waals surface area (Å²) in [5, 5.41) is 2.03. The van der Waals surface area contributed by atoms with Crippen LogP contribution in [0.25, 0.3) is 21.6 Å². The third-order valence-corrected chi connectivity index (χ3v) is 7.66. The highest BCUT2D eigenvalue weighted by molar-refractivity contribution is 7.90. The first-order valence-electron chi connectivity index (χ1n) is 13.4. The van der Waals surface area contributed by atoms with Crippen LogP contribution < -0.4 is 9.46 Å². The van der Waals surface area contributed by atoms with Gasteiger partial charge in [0.1, 0.15) is 11.8 Å². The predicted octanol–water partition coefficient (Wildman–Crippen LogP) is 8.38. The molecular weight excluding hydrogens is 603 g/mol. The van der Waals surface area contributed by atoms with Crippen molar-refractivity contribution in [1.29, 1.82) is 0 Å². The standard InChI is InChI=1S/C15H14N2OS.C9H16O2.C4H8F3NO2S.2CH4/c1-10(2)18-15-14(13-8-5-9-19-13)16-11-6-3-4-7-12(11)17-15;1-7(2)9(10)11-8-5-3-4-6-8;1-3(2)8-11(9,10)4(5,6)7;;/h3-10H,1-2H3;7-8H,3-6H2,1-2H3;3,8H,1-2H3;2*1H4. The van der Waals surface area contributed by atoms with Crippen LogP contribution in [0.5, 0.6) is 5.88 Å². The Kier molecular flexibility index (Phi) is 17.0. The number of hydrogen-bond donors (Lipinski definition) is 1. The average Bonchev–Trinajstić information content (AvgIpc) is 3.57. The van der Waals surface area contributed by atoms with Crippen molar-refractivity contribution >= 4 is 38.4 Å². The number of aromatic nitrogens is 2. The molecule has 3 aromatic rings. The first kappa shape index (κ1) is 40.2. The number of rotatable bonds is 7. The van der Waals surface area contributed by atoms with Crippen molar-refractivity contribution in [2.24, 2.45) is 5.92 Å². The van der Waals surface area contributed by atoms with Crippen LogP contribution in [0.2, 0.25) is 0 Å². The number of ether oxygens (including phenoxy) is 2. The zero-order valence-electron chi connectivity index (χ0n) is 24.1. The summed E-state index contributed by atoms with van der Waals surface area (Å²) < 4.78 is 67.5. The second-order valence-electron chi connectivity index (χ2n) is 10.2. The third kappa shape index (κ3) is 13.2. The third-order valence-electron chi connectivity index (χ3n) is 5.39. The molecule has 1 fully saturated rings. The fourth-order valence-electron chi connectivity index (χ4n) is 3.55. The molecule has 0 saturated heterocycles.